The van der Waals surface area contributed by atoms with Gasteiger partial charge in [-0.15, -0.1) is 0 Å². The van der Waals surface area contributed by atoms with Crippen LogP contribution in [0.2, 0.25) is 0 Å². The Bertz CT molecular complexity index is 766. The minimum atomic E-state index is -0.606. The van der Waals surface area contributed by atoms with Gasteiger partial charge in [-0.25, -0.2) is 0 Å². The highest BCUT2D eigenvalue weighted by Gasteiger charge is 2.33. The van der Waals surface area contributed by atoms with E-state index in [-0.39, 0.29) is 17.8 Å². The minimum absolute atomic E-state index is 0.124. The molecule has 0 unspecified atom stereocenters. The fourth-order valence-corrected chi connectivity index (χ4v) is 2.82. The molecule has 0 spiro atoms. The van der Waals surface area contributed by atoms with Crippen LogP contribution in [0.25, 0.3) is 0 Å². The predicted molar refractivity (Wildman–Crippen MR) is 89.5 cm³/mol. The fraction of sp³-hybridized carbons (Fsp3) is 0.389. The molecular formula is C18H21N3O3. The Labute approximate surface area is 140 Å². The minimum Gasteiger partial charge on any atom is -0.432 e. The lowest BCUT2D eigenvalue weighted by atomic mass is 10.1. The zero-order valence-electron chi connectivity index (χ0n) is 14.1. The third kappa shape index (κ3) is 3.18. The van der Waals surface area contributed by atoms with E-state index in [9.17, 15) is 9.59 Å². The van der Waals surface area contributed by atoms with E-state index in [2.05, 4.69) is 24.1 Å². The molecule has 126 valence electrons. The lowest BCUT2D eigenvalue weighted by Gasteiger charge is -2.22. The van der Waals surface area contributed by atoms with Crippen molar-refractivity contribution in [3.8, 4) is 0 Å². The lowest BCUT2D eigenvalue weighted by molar-refractivity contribution is -0.120. The number of fused-ring (bicyclic) bond motifs is 1. The third-order valence-corrected chi connectivity index (χ3v) is 4.10. The van der Waals surface area contributed by atoms with Crippen LogP contribution >= 0.6 is 0 Å². The van der Waals surface area contributed by atoms with Crippen LogP contribution in [-0.4, -0.2) is 27.7 Å². The first kappa shape index (κ1) is 16.2. The normalized spacial score (nSPS) is 14.8. The van der Waals surface area contributed by atoms with Crippen molar-refractivity contribution in [3.05, 3.63) is 47.3 Å². The average Bonchev–Trinajstić information content (AvgIpc) is 3.11. The van der Waals surface area contributed by atoms with Gasteiger partial charge in [-0.05, 0) is 30.9 Å². The van der Waals surface area contributed by atoms with E-state index in [1.807, 2.05) is 18.2 Å². The van der Waals surface area contributed by atoms with Crippen molar-refractivity contribution >= 4 is 17.8 Å². The van der Waals surface area contributed by atoms with Crippen molar-refractivity contribution in [2.24, 2.45) is 5.92 Å². The Hall–Kier alpha value is -2.63. The van der Waals surface area contributed by atoms with Gasteiger partial charge in [0.05, 0.1) is 5.69 Å². The van der Waals surface area contributed by atoms with E-state index in [1.54, 1.807) is 24.2 Å². The number of aromatic nitrogens is 1. The summed E-state index contributed by atoms with van der Waals surface area (Å²) in [5.74, 6) is 0.0218. The molecule has 1 N–H and O–H groups in total. The number of amides is 2. The number of oxazole rings is 1. The standard InChI is InChI=1S/C18H21N3O3/c1-11(2)8-14-10-24-18(19-14)20-16(22)12(3)21-9-13-6-4-5-7-15(13)17(21)23/h4-7,10-12H,8-9H2,1-3H3,(H,19,20,22)/t12-/m1/s1. The number of nitrogens with zero attached hydrogens (tertiary/aromatic N) is 2. The van der Waals surface area contributed by atoms with Crippen molar-refractivity contribution < 1.29 is 14.0 Å². The quantitative estimate of drug-likeness (QED) is 0.916. The van der Waals surface area contributed by atoms with Gasteiger partial charge >= 0.3 is 6.01 Å². The summed E-state index contributed by atoms with van der Waals surface area (Å²) in [6.45, 7) is 6.32. The number of benzene rings is 1. The SMILES string of the molecule is CC(C)Cc1coc(NC(=O)[C@@H](C)N2Cc3ccccc3C2=O)n1. The molecular weight excluding hydrogens is 306 g/mol. The molecule has 0 bridgehead atoms. The largest absolute Gasteiger partial charge is 0.432 e. The maximum absolute atomic E-state index is 12.4. The van der Waals surface area contributed by atoms with E-state index in [4.69, 9.17) is 4.42 Å². The van der Waals surface area contributed by atoms with Gasteiger partial charge in [0.1, 0.15) is 12.3 Å². The average molecular weight is 327 g/mol. The number of nitrogens with one attached hydrogen (secondary N) is 1. The highest BCUT2D eigenvalue weighted by Crippen LogP contribution is 2.24. The molecule has 6 nitrogen and oxygen atoms in total. The van der Waals surface area contributed by atoms with Gasteiger partial charge in [0.15, 0.2) is 0 Å². The summed E-state index contributed by atoms with van der Waals surface area (Å²) in [4.78, 5) is 30.7. The summed E-state index contributed by atoms with van der Waals surface area (Å²) in [5, 5.41) is 2.65. The number of carbonyl (C=O) groups is 2. The topological polar surface area (TPSA) is 75.4 Å². The summed E-state index contributed by atoms with van der Waals surface area (Å²) >= 11 is 0. The smallest absolute Gasteiger partial charge is 0.301 e. The summed E-state index contributed by atoms with van der Waals surface area (Å²) in [6.07, 6.45) is 2.34. The van der Waals surface area contributed by atoms with Crippen LogP contribution in [0.3, 0.4) is 0 Å². The molecule has 1 aromatic carbocycles. The molecule has 3 rings (SSSR count). The first-order valence-corrected chi connectivity index (χ1v) is 8.10. The second-order valence-electron chi connectivity index (χ2n) is 6.50. The summed E-state index contributed by atoms with van der Waals surface area (Å²) in [5.41, 5.74) is 2.41. The van der Waals surface area contributed by atoms with E-state index in [0.717, 1.165) is 17.7 Å². The Balaban J connectivity index is 1.66. The van der Waals surface area contributed by atoms with Crippen LogP contribution in [0.1, 0.15) is 42.4 Å². The molecule has 0 saturated heterocycles. The maximum Gasteiger partial charge on any atom is 0.301 e. The molecule has 1 aromatic heterocycles. The van der Waals surface area contributed by atoms with Gasteiger partial charge in [-0.1, -0.05) is 32.0 Å². The monoisotopic (exact) mass is 327 g/mol. The highest BCUT2D eigenvalue weighted by atomic mass is 16.4. The number of rotatable bonds is 5. The van der Waals surface area contributed by atoms with Gasteiger partial charge in [0.2, 0.25) is 5.91 Å². The van der Waals surface area contributed by atoms with Gasteiger partial charge < -0.3 is 9.32 Å². The Morgan fingerprint density at radius 2 is 2.08 bits per heavy atom. The Kier molecular flexibility index (Phi) is 4.38. The van der Waals surface area contributed by atoms with Gasteiger partial charge in [0.25, 0.3) is 5.91 Å². The molecule has 6 heteroatoms. The Morgan fingerprint density at radius 1 is 1.33 bits per heavy atom. The van der Waals surface area contributed by atoms with E-state index < -0.39 is 6.04 Å². The molecule has 0 aliphatic carbocycles. The zero-order valence-corrected chi connectivity index (χ0v) is 14.1. The third-order valence-electron chi connectivity index (χ3n) is 4.10. The molecule has 2 heterocycles. The van der Waals surface area contributed by atoms with Crippen molar-refractivity contribution in [2.75, 3.05) is 5.32 Å². The van der Waals surface area contributed by atoms with Crippen LogP contribution < -0.4 is 5.32 Å². The van der Waals surface area contributed by atoms with E-state index >= 15 is 0 Å². The molecule has 2 amide bonds. The van der Waals surface area contributed by atoms with Gasteiger partial charge in [-0.2, -0.15) is 4.98 Å². The van der Waals surface area contributed by atoms with Crippen LogP contribution in [0.5, 0.6) is 0 Å². The molecule has 0 fully saturated rings. The van der Waals surface area contributed by atoms with Crippen LogP contribution in [0.15, 0.2) is 34.9 Å². The molecule has 1 aliphatic heterocycles. The van der Waals surface area contributed by atoms with Crippen LogP contribution in [0, 0.1) is 5.92 Å². The number of hydrogen-bond donors (Lipinski definition) is 1. The first-order valence-electron chi connectivity index (χ1n) is 8.10. The number of hydrogen-bond acceptors (Lipinski definition) is 4. The maximum atomic E-state index is 12.4. The van der Waals surface area contributed by atoms with Crippen LogP contribution in [0.4, 0.5) is 6.01 Å². The molecule has 0 radical (unpaired) electrons. The second-order valence-corrected chi connectivity index (χ2v) is 6.50. The molecule has 0 saturated carbocycles. The van der Waals surface area contributed by atoms with E-state index in [0.29, 0.717) is 18.0 Å². The van der Waals surface area contributed by atoms with Crippen molar-refractivity contribution in [3.63, 3.8) is 0 Å². The number of carbonyl (C=O) groups excluding carboxylic acids is 2. The number of anilines is 1. The van der Waals surface area contributed by atoms with Gasteiger partial charge in [0, 0.05) is 12.1 Å². The first-order chi connectivity index (χ1) is 11.5. The predicted octanol–water partition coefficient (Wildman–Crippen LogP) is 2.86. The fourth-order valence-electron chi connectivity index (χ4n) is 2.82. The van der Waals surface area contributed by atoms with Crippen molar-refractivity contribution in [2.45, 2.75) is 39.8 Å². The van der Waals surface area contributed by atoms with Crippen molar-refractivity contribution in [1.82, 2.24) is 9.88 Å². The van der Waals surface area contributed by atoms with Crippen molar-refractivity contribution in [1.29, 1.82) is 0 Å². The summed E-state index contributed by atoms with van der Waals surface area (Å²) in [6, 6.07) is 6.98. The highest BCUT2D eigenvalue weighted by molar-refractivity contribution is 6.02. The molecule has 1 atom stereocenters. The van der Waals surface area contributed by atoms with Crippen LogP contribution in [-0.2, 0) is 17.8 Å². The summed E-state index contributed by atoms with van der Waals surface area (Å²) < 4.78 is 5.29. The summed E-state index contributed by atoms with van der Waals surface area (Å²) in [7, 11) is 0. The lowest BCUT2D eigenvalue weighted by Crippen LogP contribution is -2.42. The zero-order chi connectivity index (χ0) is 17.3. The molecule has 2 aromatic rings. The van der Waals surface area contributed by atoms with Gasteiger partial charge in [-0.3, -0.25) is 14.9 Å². The molecule has 1 aliphatic rings. The van der Waals surface area contributed by atoms with E-state index in [1.165, 1.54) is 0 Å². The molecule has 24 heavy (non-hydrogen) atoms. The Morgan fingerprint density at radius 3 is 2.79 bits per heavy atom. The second kappa shape index (κ2) is 6.47.